The molecule has 0 bridgehead atoms. The van der Waals surface area contributed by atoms with E-state index in [1.807, 2.05) is 13.8 Å². The van der Waals surface area contributed by atoms with Crippen molar-refractivity contribution in [3.8, 4) is 0 Å². The number of thiophene rings is 1. The van der Waals surface area contributed by atoms with Crippen LogP contribution >= 0.6 is 22.7 Å². The number of nitrogens with zero attached hydrogens (tertiary/aromatic N) is 2. The van der Waals surface area contributed by atoms with Gasteiger partial charge in [-0.1, -0.05) is 11.3 Å². The van der Waals surface area contributed by atoms with Crippen LogP contribution < -0.4 is 15.7 Å². The first-order chi connectivity index (χ1) is 9.93. The van der Waals surface area contributed by atoms with E-state index in [9.17, 15) is 14.4 Å². The second-order valence-electron chi connectivity index (χ2n) is 4.44. The molecule has 0 unspecified atom stereocenters. The largest absolute Gasteiger partial charge is 0.466 e. The van der Waals surface area contributed by atoms with Crippen LogP contribution in [-0.2, 0) is 9.53 Å². The molecular weight excluding hydrogens is 312 g/mol. The predicted octanol–water partition coefficient (Wildman–Crippen LogP) is 0.620. The molecule has 3 heterocycles. The van der Waals surface area contributed by atoms with Crippen molar-refractivity contribution in [1.82, 2.24) is 9.38 Å². The standard InChI is InChI=1S/C13H10N2O4S2/c1-5-6(2)20-10-9(5)12(18)15-11(17)7(4-8(16)19-3)21-13(15)14-10/h4H,1-3H3/b7-4-. The summed E-state index contributed by atoms with van der Waals surface area (Å²) in [5.74, 6) is -0.638. The van der Waals surface area contributed by atoms with E-state index in [2.05, 4.69) is 9.72 Å². The van der Waals surface area contributed by atoms with Crippen molar-refractivity contribution in [2.24, 2.45) is 0 Å². The van der Waals surface area contributed by atoms with E-state index >= 15 is 0 Å². The number of fused-ring (bicyclic) bond motifs is 2. The normalized spacial score (nSPS) is 12.4. The smallest absolute Gasteiger partial charge is 0.332 e. The van der Waals surface area contributed by atoms with Crippen molar-refractivity contribution < 1.29 is 9.53 Å². The first-order valence-electron chi connectivity index (χ1n) is 5.99. The number of hydrogen-bond donors (Lipinski definition) is 0. The molecule has 0 fully saturated rings. The minimum atomic E-state index is -0.638. The van der Waals surface area contributed by atoms with Crippen LogP contribution in [0.2, 0.25) is 0 Å². The highest BCUT2D eigenvalue weighted by atomic mass is 32.1. The molecule has 0 atom stereocenters. The average Bonchev–Trinajstić information content (AvgIpc) is 2.89. The van der Waals surface area contributed by atoms with Crippen molar-refractivity contribution in [1.29, 1.82) is 0 Å². The second-order valence-corrected chi connectivity index (χ2v) is 6.65. The quantitative estimate of drug-likeness (QED) is 0.614. The molecule has 0 saturated carbocycles. The van der Waals surface area contributed by atoms with Gasteiger partial charge in [-0.05, 0) is 19.4 Å². The van der Waals surface area contributed by atoms with Crippen LogP contribution in [0.15, 0.2) is 9.59 Å². The Kier molecular flexibility index (Phi) is 3.14. The van der Waals surface area contributed by atoms with Gasteiger partial charge in [0, 0.05) is 11.0 Å². The van der Waals surface area contributed by atoms with Crippen molar-refractivity contribution >= 4 is 49.9 Å². The van der Waals surface area contributed by atoms with Gasteiger partial charge in [-0.3, -0.25) is 9.59 Å². The second kappa shape index (κ2) is 4.74. The summed E-state index contributed by atoms with van der Waals surface area (Å²) >= 11 is 2.42. The van der Waals surface area contributed by atoms with Crippen LogP contribution in [0.3, 0.4) is 0 Å². The van der Waals surface area contributed by atoms with E-state index in [0.29, 0.717) is 10.2 Å². The van der Waals surface area contributed by atoms with Crippen molar-refractivity contribution in [2.75, 3.05) is 7.11 Å². The highest BCUT2D eigenvalue weighted by Gasteiger charge is 2.16. The fraction of sp³-hybridized carbons (Fsp3) is 0.231. The lowest BCUT2D eigenvalue weighted by atomic mass is 10.2. The minimum absolute atomic E-state index is 0.137. The Balaban J connectivity index is 2.51. The Morgan fingerprint density at radius 1 is 1.24 bits per heavy atom. The maximum atomic E-state index is 12.5. The molecule has 0 N–H and O–H groups in total. The topological polar surface area (TPSA) is 77.7 Å². The minimum Gasteiger partial charge on any atom is -0.466 e. The van der Waals surface area contributed by atoms with E-state index in [0.717, 1.165) is 32.3 Å². The van der Waals surface area contributed by atoms with Crippen LogP contribution in [0, 0.1) is 13.8 Å². The summed E-state index contributed by atoms with van der Waals surface area (Å²) in [6, 6.07) is 0. The van der Waals surface area contributed by atoms with Gasteiger partial charge in [-0.2, -0.15) is 0 Å². The Morgan fingerprint density at radius 2 is 1.95 bits per heavy atom. The fourth-order valence-corrected chi connectivity index (χ4v) is 4.03. The van der Waals surface area contributed by atoms with Gasteiger partial charge in [-0.25, -0.2) is 14.2 Å². The summed E-state index contributed by atoms with van der Waals surface area (Å²) in [6.07, 6.45) is 1.08. The van der Waals surface area contributed by atoms with Crippen LogP contribution in [0.4, 0.5) is 0 Å². The number of aromatic nitrogens is 2. The molecule has 108 valence electrons. The van der Waals surface area contributed by atoms with Crippen LogP contribution in [0.1, 0.15) is 10.4 Å². The number of carbonyl (C=O) groups is 1. The number of methoxy groups -OCH3 is 1. The molecule has 6 nitrogen and oxygen atoms in total. The van der Waals surface area contributed by atoms with Crippen LogP contribution in [0.5, 0.6) is 0 Å². The molecule has 21 heavy (non-hydrogen) atoms. The van der Waals surface area contributed by atoms with Crippen molar-refractivity contribution in [3.05, 3.63) is 35.7 Å². The first-order valence-corrected chi connectivity index (χ1v) is 7.62. The van der Waals surface area contributed by atoms with Gasteiger partial charge in [0.25, 0.3) is 11.1 Å². The fourth-order valence-electron chi connectivity index (χ4n) is 2.03. The molecule has 8 heteroatoms. The monoisotopic (exact) mass is 322 g/mol. The number of ether oxygens (including phenoxy) is 1. The lowest BCUT2D eigenvalue weighted by Crippen LogP contribution is -2.31. The molecule has 0 spiro atoms. The molecule has 0 saturated heterocycles. The number of rotatable bonds is 1. The summed E-state index contributed by atoms with van der Waals surface area (Å²) in [6.45, 7) is 3.75. The van der Waals surface area contributed by atoms with Gasteiger partial charge in [0.15, 0.2) is 0 Å². The zero-order valence-electron chi connectivity index (χ0n) is 11.4. The molecule has 0 aliphatic heterocycles. The Morgan fingerprint density at radius 3 is 2.62 bits per heavy atom. The maximum Gasteiger partial charge on any atom is 0.332 e. The Labute approximate surface area is 125 Å². The van der Waals surface area contributed by atoms with E-state index in [4.69, 9.17) is 0 Å². The number of esters is 1. The molecule has 3 aromatic heterocycles. The average molecular weight is 322 g/mol. The van der Waals surface area contributed by atoms with Gasteiger partial charge in [0.05, 0.1) is 12.5 Å². The van der Waals surface area contributed by atoms with Gasteiger partial charge in [0.1, 0.15) is 9.36 Å². The zero-order chi connectivity index (χ0) is 15.3. The lowest BCUT2D eigenvalue weighted by molar-refractivity contribution is -0.133. The van der Waals surface area contributed by atoms with Crippen LogP contribution in [-0.4, -0.2) is 22.5 Å². The molecule has 3 rings (SSSR count). The van der Waals surface area contributed by atoms with Crippen molar-refractivity contribution in [3.63, 3.8) is 0 Å². The molecule has 0 radical (unpaired) electrons. The number of thiazole rings is 1. The number of carbonyl (C=O) groups excluding carboxylic acids is 1. The van der Waals surface area contributed by atoms with Crippen LogP contribution in [0.25, 0.3) is 21.3 Å². The Hall–Kier alpha value is -2.06. The molecular formula is C13H10N2O4S2. The first kappa shape index (κ1) is 13.9. The molecule has 0 aliphatic rings. The molecule has 3 aromatic rings. The lowest BCUT2D eigenvalue weighted by Gasteiger charge is -1.92. The summed E-state index contributed by atoms with van der Waals surface area (Å²) in [5.41, 5.74) is -0.0864. The highest BCUT2D eigenvalue weighted by molar-refractivity contribution is 7.19. The van der Waals surface area contributed by atoms with E-state index < -0.39 is 11.5 Å². The van der Waals surface area contributed by atoms with E-state index in [1.54, 1.807) is 0 Å². The van der Waals surface area contributed by atoms with Gasteiger partial charge < -0.3 is 4.74 Å². The highest BCUT2D eigenvalue weighted by Crippen LogP contribution is 2.26. The zero-order valence-corrected chi connectivity index (χ0v) is 13.1. The molecule has 0 amide bonds. The SMILES string of the molecule is COC(=O)/C=c1\sc2nc3sc(C)c(C)c3c(=O)n2c1=O. The van der Waals surface area contributed by atoms with Crippen molar-refractivity contribution in [2.45, 2.75) is 13.8 Å². The summed E-state index contributed by atoms with van der Waals surface area (Å²) in [4.78, 5) is 42.3. The predicted molar refractivity (Wildman–Crippen MR) is 82.2 cm³/mol. The molecule has 0 aliphatic carbocycles. The third-order valence-corrected chi connectivity index (χ3v) is 5.31. The third kappa shape index (κ3) is 1.98. The number of aryl methyl sites for hydroxylation is 2. The van der Waals surface area contributed by atoms with Gasteiger partial charge in [-0.15, -0.1) is 11.3 Å². The maximum absolute atomic E-state index is 12.5. The third-order valence-electron chi connectivity index (χ3n) is 3.24. The summed E-state index contributed by atoms with van der Waals surface area (Å²) in [5, 5.41) is 0.467. The van der Waals surface area contributed by atoms with E-state index in [1.165, 1.54) is 18.4 Å². The molecule has 0 aromatic carbocycles. The number of hydrogen-bond acceptors (Lipinski definition) is 7. The Bertz CT molecular complexity index is 1060. The van der Waals surface area contributed by atoms with Gasteiger partial charge in [0.2, 0.25) is 4.96 Å². The van der Waals surface area contributed by atoms with Gasteiger partial charge >= 0.3 is 5.97 Å². The summed E-state index contributed by atoms with van der Waals surface area (Å²) in [7, 11) is 1.23. The summed E-state index contributed by atoms with van der Waals surface area (Å²) < 4.78 is 5.65. The van der Waals surface area contributed by atoms with E-state index in [-0.39, 0.29) is 15.1 Å².